The summed E-state index contributed by atoms with van der Waals surface area (Å²) < 4.78 is 17.1. The van der Waals surface area contributed by atoms with Crippen LogP contribution in [-0.2, 0) is 16.2 Å². The summed E-state index contributed by atoms with van der Waals surface area (Å²) in [6.45, 7) is 5.95. The minimum Gasteiger partial charge on any atom is -0.325 e. The zero-order valence-corrected chi connectivity index (χ0v) is 27.1. The highest BCUT2D eigenvalue weighted by atomic mass is 32.2. The molecule has 2 aromatic rings. The zero-order chi connectivity index (χ0) is 32.9. The second-order valence-electron chi connectivity index (χ2n) is 10.8. The minimum absolute atomic E-state index is 0.0689. The van der Waals surface area contributed by atoms with Crippen LogP contribution in [0.2, 0.25) is 0 Å². The Morgan fingerprint density at radius 1 is 1.18 bits per heavy atom. The lowest BCUT2D eigenvalue weighted by Crippen LogP contribution is -2.35. The Hall–Kier alpha value is -4.20. The van der Waals surface area contributed by atoms with Gasteiger partial charge in [0.15, 0.2) is 11.7 Å². The van der Waals surface area contributed by atoms with Gasteiger partial charge in [0.2, 0.25) is 5.91 Å². The molecule has 45 heavy (non-hydrogen) atoms. The van der Waals surface area contributed by atoms with E-state index in [1.165, 1.54) is 17.9 Å². The first-order valence-electron chi connectivity index (χ1n) is 14.7. The molecule has 13 heteroatoms. The molecule has 2 amide bonds. The number of amides is 2. The fourth-order valence-corrected chi connectivity index (χ4v) is 5.35. The molecule has 1 aliphatic carbocycles. The van der Waals surface area contributed by atoms with Crippen LogP contribution in [0.3, 0.4) is 0 Å². The van der Waals surface area contributed by atoms with Crippen molar-refractivity contribution in [3.8, 4) is 0 Å². The number of allylic oxidation sites excluding steroid dienone is 2. The third-order valence-corrected chi connectivity index (χ3v) is 8.45. The first kappa shape index (κ1) is 35.3. The average Bonchev–Trinajstić information content (AvgIpc) is 3.04. The summed E-state index contributed by atoms with van der Waals surface area (Å²) in [6, 6.07) is 11.6. The smallest absolute Gasteiger partial charge is 0.325 e. The molecular formula is C32H44FN8O3S+. The second-order valence-corrected chi connectivity index (χ2v) is 11.8. The van der Waals surface area contributed by atoms with Gasteiger partial charge in [-0.15, -0.1) is 0 Å². The van der Waals surface area contributed by atoms with Gasteiger partial charge in [-0.05, 0) is 80.3 Å². The fourth-order valence-electron chi connectivity index (χ4n) is 4.58. The quantitative estimate of drug-likeness (QED) is 0.0378. The third-order valence-electron chi connectivity index (χ3n) is 7.37. The third kappa shape index (κ3) is 10.7. The van der Waals surface area contributed by atoms with E-state index >= 15 is 4.39 Å². The van der Waals surface area contributed by atoms with Crippen molar-refractivity contribution in [1.82, 2.24) is 10.6 Å². The molecule has 3 rings (SSSR count). The summed E-state index contributed by atoms with van der Waals surface area (Å²) in [7, 11) is 4.74. The van der Waals surface area contributed by atoms with Crippen molar-refractivity contribution in [2.75, 3.05) is 32.0 Å². The van der Waals surface area contributed by atoms with Crippen molar-refractivity contribution in [2.24, 2.45) is 22.5 Å². The van der Waals surface area contributed by atoms with Gasteiger partial charge in [0.1, 0.15) is 7.05 Å². The predicted molar refractivity (Wildman–Crippen MR) is 180 cm³/mol. The molecule has 2 aromatic carbocycles. The SMILES string of the molecule is C=C(/C=C(/F)C(=NCc1ccc(NC(=O)C(C)NC)cc1)NC(=O)c1cc(NOC)ccc1S/C(N)=[N+](\C)N)C1CCCCC1. The molecule has 1 saturated carbocycles. The summed E-state index contributed by atoms with van der Waals surface area (Å²) in [5, 5.41) is 8.64. The first-order valence-corrected chi connectivity index (χ1v) is 15.5. The van der Waals surface area contributed by atoms with Gasteiger partial charge >= 0.3 is 5.17 Å². The number of likely N-dealkylation sites (N-methyl/N-ethyl adjacent to an activating group) is 1. The molecule has 1 aliphatic rings. The van der Waals surface area contributed by atoms with Crippen molar-refractivity contribution >= 4 is 46.0 Å². The van der Waals surface area contributed by atoms with Gasteiger partial charge < -0.3 is 16.0 Å². The number of carbonyl (C=O) groups is 2. The second kappa shape index (κ2) is 17.3. The lowest BCUT2D eigenvalue weighted by atomic mass is 9.84. The van der Waals surface area contributed by atoms with Crippen LogP contribution in [0.25, 0.3) is 0 Å². The maximum absolute atomic E-state index is 15.9. The number of hydrazine groups is 1. The number of hydrogen-bond acceptors (Lipinski definition) is 8. The van der Waals surface area contributed by atoms with Crippen molar-refractivity contribution in [2.45, 2.75) is 56.5 Å². The van der Waals surface area contributed by atoms with E-state index in [-0.39, 0.29) is 41.0 Å². The number of hydrazone groups is 1. The number of amidine groups is 2. The fraction of sp³-hybridized carbons (Fsp3) is 0.375. The van der Waals surface area contributed by atoms with E-state index in [0.29, 0.717) is 21.8 Å². The van der Waals surface area contributed by atoms with E-state index in [2.05, 4.69) is 33.0 Å². The summed E-state index contributed by atoms with van der Waals surface area (Å²) in [5.41, 5.74) is 11.5. The molecule has 0 spiro atoms. The Kier molecular flexibility index (Phi) is 13.6. The van der Waals surface area contributed by atoms with Gasteiger partial charge in [-0.1, -0.05) is 38.0 Å². The number of nitrogens with two attached hydrogens (primary N) is 2. The maximum Gasteiger partial charge on any atom is 0.331 e. The Labute approximate surface area is 268 Å². The number of hydrogen-bond donors (Lipinski definition) is 6. The molecule has 8 N–H and O–H groups in total. The van der Waals surface area contributed by atoms with E-state index in [4.69, 9.17) is 16.4 Å². The van der Waals surface area contributed by atoms with Gasteiger partial charge in [-0.2, -0.15) is 4.68 Å². The minimum atomic E-state index is -0.697. The van der Waals surface area contributed by atoms with E-state index in [1.807, 2.05) is 0 Å². The maximum atomic E-state index is 15.9. The number of thioether (sulfide) groups is 1. The molecule has 1 atom stereocenters. The molecule has 0 saturated heterocycles. The monoisotopic (exact) mass is 639 g/mol. The largest absolute Gasteiger partial charge is 0.331 e. The topological polar surface area (TPSA) is 159 Å². The number of anilines is 2. The number of carbonyl (C=O) groups excluding carboxylic acids is 2. The van der Waals surface area contributed by atoms with Crippen molar-refractivity contribution in [1.29, 1.82) is 0 Å². The highest BCUT2D eigenvalue weighted by molar-refractivity contribution is 8.13. The van der Waals surface area contributed by atoms with Crippen LogP contribution in [0.4, 0.5) is 15.8 Å². The molecule has 0 aromatic heterocycles. The zero-order valence-electron chi connectivity index (χ0n) is 26.3. The Morgan fingerprint density at radius 3 is 2.47 bits per heavy atom. The molecule has 0 heterocycles. The van der Waals surface area contributed by atoms with Crippen molar-refractivity contribution in [3.63, 3.8) is 0 Å². The van der Waals surface area contributed by atoms with Crippen molar-refractivity contribution in [3.05, 3.63) is 77.6 Å². The highest BCUT2D eigenvalue weighted by Gasteiger charge is 2.22. The number of benzene rings is 2. The number of rotatable bonds is 12. The van der Waals surface area contributed by atoms with Gasteiger partial charge in [-0.3, -0.25) is 36.5 Å². The van der Waals surface area contributed by atoms with Crippen LogP contribution in [0, 0.1) is 5.92 Å². The number of nitrogens with one attached hydrogen (secondary N) is 4. The highest BCUT2D eigenvalue weighted by Crippen LogP contribution is 2.30. The molecule has 1 fully saturated rings. The van der Waals surface area contributed by atoms with Crippen LogP contribution in [0.1, 0.15) is 54.9 Å². The summed E-state index contributed by atoms with van der Waals surface area (Å²) in [5.74, 6) is 4.25. The Balaban J connectivity index is 1.92. The average molecular weight is 640 g/mol. The van der Waals surface area contributed by atoms with Crippen LogP contribution in [0.5, 0.6) is 0 Å². The lowest BCUT2D eigenvalue weighted by Gasteiger charge is -2.22. The van der Waals surface area contributed by atoms with E-state index in [1.54, 1.807) is 63.5 Å². The summed E-state index contributed by atoms with van der Waals surface area (Å²) >= 11 is 1.09. The molecule has 0 aliphatic heterocycles. The molecule has 1 unspecified atom stereocenters. The number of nitrogens with zero attached hydrogens (tertiary/aromatic N) is 2. The Bertz CT molecular complexity index is 1450. The van der Waals surface area contributed by atoms with E-state index in [9.17, 15) is 9.59 Å². The van der Waals surface area contributed by atoms with Gasteiger partial charge in [0, 0.05) is 22.3 Å². The lowest BCUT2D eigenvalue weighted by molar-refractivity contribution is -0.507. The van der Waals surface area contributed by atoms with Gasteiger partial charge in [0.25, 0.3) is 5.91 Å². The molecular weight excluding hydrogens is 595 g/mol. The first-order chi connectivity index (χ1) is 21.5. The van der Waals surface area contributed by atoms with Crippen LogP contribution >= 0.6 is 11.8 Å². The summed E-state index contributed by atoms with van der Waals surface area (Å²) in [6.07, 6.45) is 6.58. The molecule has 11 nitrogen and oxygen atoms in total. The predicted octanol–water partition coefficient (Wildman–Crippen LogP) is 4.45. The van der Waals surface area contributed by atoms with Crippen LogP contribution < -0.4 is 33.0 Å². The van der Waals surface area contributed by atoms with Gasteiger partial charge in [0.05, 0.1) is 30.9 Å². The van der Waals surface area contributed by atoms with E-state index < -0.39 is 11.7 Å². The number of halogens is 1. The van der Waals surface area contributed by atoms with Crippen LogP contribution in [-0.4, -0.2) is 54.7 Å². The number of aliphatic imine (C=N–C) groups is 1. The normalized spacial score (nSPS) is 15.6. The van der Waals surface area contributed by atoms with Gasteiger partial charge in [-0.25, -0.2) is 4.39 Å². The van der Waals surface area contributed by atoms with Crippen LogP contribution in [0.15, 0.2) is 76.4 Å². The summed E-state index contributed by atoms with van der Waals surface area (Å²) in [4.78, 5) is 35.8. The molecule has 0 radical (unpaired) electrons. The van der Waals surface area contributed by atoms with Crippen molar-refractivity contribution < 1.29 is 23.5 Å². The standard InChI is InChI=1S/C32H43FN8O3S/c1-20(23-9-7-6-8-10-23)17-27(33)29(37-19-22-11-13-24(14-12-22)38-30(42)21(2)36-3)39-31(43)26-18-25(40-44-5)15-16-28(26)45-32(34)41(4)35/h11-18,21,23,34,36,40H,1,6-10,19,35H2,2-5H3,(H2,37,38,39,42,43)/p+1/b27-17+. The Morgan fingerprint density at radius 2 is 1.84 bits per heavy atom. The molecule has 0 bridgehead atoms. The van der Waals surface area contributed by atoms with E-state index in [0.717, 1.165) is 49.4 Å². The molecule has 242 valence electrons.